The monoisotopic (exact) mass is 372 g/mol. The van der Waals surface area contributed by atoms with Crippen LogP contribution in [0.4, 0.5) is 0 Å². The molecule has 0 aliphatic carbocycles. The Labute approximate surface area is 165 Å². The molecule has 2 aromatic heterocycles. The molecule has 0 saturated heterocycles. The summed E-state index contributed by atoms with van der Waals surface area (Å²) < 4.78 is 1.99. The zero-order valence-electron chi connectivity index (χ0n) is 16.1. The van der Waals surface area contributed by atoms with E-state index in [1.165, 1.54) is 12.6 Å². The summed E-state index contributed by atoms with van der Waals surface area (Å²) in [5, 5.41) is 4.83. The molecule has 2 aromatic carbocycles. The van der Waals surface area contributed by atoms with Crippen molar-refractivity contribution in [3.05, 3.63) is 90.8 Å². The van der Waals surface area contributed by atoms with Crippen molar-refractivity contribution >= 4 is 6.79 Å². The number of hydrogen-bond acceptors (Lipinski definition) is 4. The third-order valence-corrected chi connectivity index (χ3v) is 4.01. The van der Waals surface area contributed by atoms with Gasteiger partial charge in [0.25, 0.3) is 0 Å². The Morgan fingerprint density at radius 3 is 2.14 bits per heavy atom. The minimum Gasteiger partial charge on any atom is -0.333 e. The molecule has 0 fully saturated rings. The maximum atomic E-state index is 8.00. The molecule has 0 atom stereocenters. The van der Waals surface area contributed by atoms with E-state index in [9.17, 15) is 0 Å². The van der Waals surface area contributed by atoms with Crippen molar-refractivity contribution in [2.45, 2.75) is 6.92 Å². The van der Waals surface area contributed by atoms with Crippen molar-refractivity contribution in [2.75, 3.05) is 7.05 Å². The van der Waals surface area contributed by atoms with Crippen molar-refractivity contribution in [3.63, 3.8) is 0 Å². The van der Waals surface area contributed by atoms with Gasteiger partial charge in [0, 0.05) is 23.5 Å². The normalized spacial score (nSPS) is 9.54. The molecule has 142 valence electrons. The number of rotatable bonds is 3. The molecule has 0 amide bonds. The highest BCUT2D eigenvalue weighted by Gasteiger charge is 2.13. The van der Waals surface area contributed by atoms with Gasteiger partial charge in [-0.3, -0.25) is 4.98 Å². The number of benzene rings is 2. The van der Waals surface area contributed by atoms with E-state index in [4.69, 9.17) is 9.89 Å². The van der Waals surface area contributed by atoms with Gasteiger partial charge in [-0.15, -0.1) is 0 Å². The molecule has 0 bridgehead atoms. The smallest absolute Gasteiger partial charge is 0.106 e. The highest BCUT2D eigenvalue weighted by Crippen LogP contribution is 2.28. The number of hydrogen-bond donors (Lipinski definition) is 1. The summed E-state index contributed by atoms with van der Waals surface area (Å²) in [6.45, 7) is 4.10. The van der Waals surface area contributed by atoms with Gasteiger partial charge < -0.3 is 10.5 Å². The molecular weight excluding hydrogens is 348 g/mol. The van der Waals surface area contributed by atoms with E-state index in [0.717, 1.165) is 28.2 Å². The predicted molar refractivity (Wildman–Crippen MR) is 114 cm³/mol. The Morgan fingerprint density at radius 2 is 1.54 bits per heavy atom. The van der Waals surface area contributed by atoms with Gasteiger partial charge in [0.2, 0.25) is 0 Å². The number of carbonyl (C=O) groups excluding carboxylic acids is 1. The van der Waals surface area contributed by atoms with Crippen LogP contribution in [0.2, 0.25) is 0 Å². The fourth-order valence-electron chi connectivity index (χ4n) is 2.73. The lowest BCUT2D eigenvalue weighted by Crippen LogP contribution is -1.98. The molecule has 0 unspecified atom stereocenters. The lowest BCUT2D eigenvalue weighted by molar-refractivity contribution is -0.0979. The molecule has 0 saturated carbocycles. The van der Waals surface area contributed by atoms with Crippen LogP contribution in [0.5, 0.6) is 0 Å². The molecule has 0 radical (unpaired) electrons. The zero-order chi connectivity index (χ0) is 20.4. The van der Waals surface area contributed by atoms with Crippen molar-refractivity contribution in [1.29, 1.82) is 0 Å². The second-order valence-corrected chi connectivity index (χ2v) is 5.77. The molecular formula is C23H24N4O. The van der Waals surface area contributed by atoms with Crippen LogP contribution in [0.3, 0.4) is 0 Å². The third-order valence-electron chi connectivity index (χ3n) is 4.01. The number of carbonyl (C=O) groups is 1. The molecule has 0 spiro atoms. The second-order valence-electron chi connectivity index (χ2n) is 5.77. The van der Waals surface area contributed by atoms with Crippen LogP contribution in [-0.2, 0) is 4.79 Å². The Hall–Kier alpha value is -3.57. The minimum absolute atomic E-state index is 0.919. The maximum absolute atomic E-state index is 8.00. The Morgan fingerprint density at radius 1 is 0.857 bits per heavy atom. The number of pyridine rings is 1. The van der Waals surface area contributed by atoms with Gasteiger partial charge in [0.15, 0.2) is 0 Å². The minimum atomic E-state index is 0.919. The average Bonchev–Trinajstić information content (AvgIpc) is 3.24. The Balaban J connectivity index is 0.000000660. The van der Waals surface area contributed by atoms with Gasteiger partial charge in [0.1, 0.15) is 6.79 Å². The van der Waals surface area contributed by atoms with Crippen LogP contribution in [0.15, 0.2) is 85.2 Å². The van der Waals surface area contributed by atoms with Gasteiger partial charge in [-0.2, -0.15) is 5.10 Å². The van der Waals surface area contributed by atoms with E-state index < -0.39 is 0 Å². The van der Waals surface area contributed by atoms with E-state index in [1.807, 2.05) is 48.0 Å². The number of nitrogens with two attached hydrogens (primary N) is 1. The topological polar surface area (TPSA) is 73.8 Å². The van der Waals surface area contributed by atoms with E-state index in [-0.39, 0.29) is 0 Å². The summed E-state index contributed by atoms with van der Waals surface area (Å²) in [5.41, 5.74) is 10.9. The first kappa shape index (κ1) is 20.7. The molecule has 4 rings (SSSR count). The quantitative estimate of drug-likeness (QED) is 0.582. The van der Waals surface area contributed by atoms with Gasteiger partial charge in [0.05, 0.1) is 17.1 Å². The van der Waals surface area contributed by atoms with Crippen molar-refractivity contribution in [1.82, 2.24) is 14.8 Å². The van der Waals surface area contributed by atoms with Crippen LogP contribution in [0.25, 0.3) is 28.2 Å². The van der Waals surface area contributed by atoms with E-state index in [2.05, 4.69) is 60.1 Å². The third kappa shape index (κ3) is 4.78. The summed E-state index contributed by atoms with van der Waals surface area (Å²) >= 11 is 0. The van der Waals surface area contributed by atoms with Gasteiger partial charge in [-0.1, -0.05) is 48.0 Å². The highest BCUT2D eigenvalue weighted by atomic mass is 16.1. The van der Waals surface area contributed by atoms with Crippen LogP contribution in [-0.4, -0.2) is 28.6 Å². The van der Waals surface area contributed by atoms with Crippen LogP contribution < -0.4 is 5.73 Å². The number of nitrogens with zero attached hydrogens (tertiary/aromatic N) is 3. The van der Waals surface area contributed by atoms with Crippen LogP contribution in [0.1, 0.15) is 5.56 Å². The lowest BCUT2D eigenvalue weighted by atomic mass is 10.1. The summed E-state index contributed by atoms with van der Waals surface area (Å²) in [5.74, 6) is 0. The molecule has 2 heterocycles. The van der Waals surface area contributed by atoms with Gasteiger partial charge in [-0.25, -0.2) is 4.68 Å². The van der Waals surface area contributed by atoms with Crippen molar-refractivity contribution < 1.29 is 4.79 Å². The van der Waals surface area contributed by atoms with Crippen molar-refractivity contribution in [3.8, 4) is 28.2 Å². The fourth-order valence-corrected chi connectivity index (χ4v) is 2.73. The second kappa shape index (κ2) is 10.5. The fraction of sp³-hybridized carbons (Fsp3) is 0.0870. The van der Waals surface area contributed by atoms with Crippen LogP contribution >= 0.6 is 0 Å². The largest absolute Gasteiger partial charge is 0.333 e. The molecule has 5 heteroatoms. The zero-order valence-corrected chi connectivity index (χ0v) is 16.1. The standard InChI is InChI=1S/C21H17N3.CH5N.CH2O/c1-16-9-11-17(12-10-16)21-14-20(18-6-5-13-22-15-18)23-24(21)19-7-3-2-4-8-19;2*1-2/h2-15H,1H3;2H2,1H3;1H2. The van der Waals surface area contributed by atoms with E-state index in [0.29, 0.717) is 0 Å². The van der Waals surface area contributed by atoms with Gasteiger partial charge in [-0.05, 0) is 44.3 Å². The maximum Gasteiger partial charge on any atom is 0.106 e. The lowest BCUT2D eigenvalue weighted by Gasteiger charge is -2.07. The SMILES string of the molecule is C=O.CN.Cc1ccc(-c2cc(-c3cccnc3)nn2-c2ccccc2)cc1. The summed E-state index contributed by atoms with van der Waals surface area (Å²) in [6.07, 6.45) is 3.62. The molecule has 28 heavy (non-hydrogen) atoms. The number of para-hydroxylation sites is 1. The predicted octanol–water partition coefficient (Wildman–Crippen LogP) is 4.30. The van der Waals surface area contributed by atoms with E-state index >= 15 is 0 Å². The first-order chi connectivity index (χ1) is 13.8. The summed E-state index contributed by atoms with van der Waals surface area (Å²) in [6, 6.07) is 24.8. The molecule has 2 N–H and O–H groups in total. The summed E-state index contributed by atoms with van der Waals surface area (Å²) in [7, 11) is 1.50. The Kier molecular flexibility index (Phi) is 7.81. The highest BCUT2D eigenvalue weighted by molar-refractivity contribution is 5.70. The van der Waals surface area contributed by atoms with Gasteiger partial charge >= 0.3 is 0 Å². The first-order valence-corrected chi connectivity index (χ1v) is 8.81. The van der Waals surface area contributed by atoms with Crippen LogP contribution in [0, 0.1) is 6.92 Å². The average molecular weight is 372 g/mol. The van der Waals surface area contributed by atoms with Crippen molar-refractivity contribution in [2.24, 2.45) is 5.73 Å². The number of aryl methyl sites for hydroxylation is 1. The molecule has 0 aliphatic heterocycles. The summed E-state index contributed by atoms with van der Waals surface area (Å²) in [4.78, 5) is 12.2. The number of aromatic nitrogens is 3. The molecule has 0 aliphatic rings. The molecule has 4 aromatic rings. The Bertz CT molecular complexity index is 965. The first-order valence-electron chi connectivity index (χ1n) is 8.81. The molecule has 5 nitrogen and oxygen atoms in total. The van der Waals surface area contributed by atoms with E-state index in [1.54, 1.807) is 6.20 Å².